The molecule has 0 amide bonds. The van der Waals surface area contributed by atoms with Crippen molar-refractivity contribution in [3.63, 3.8) is 0 Å². The summed E-state index contributed by atoms with van der Waals surface area (Å²) in [6.45, 7) is 9.27. The first kappa shape index (κ1) is 11.8. The van der Waals surface area contributed by atoms with E-state index in [2.05, 4.69) is 42.5 Å². The first-order valence-corrected chi connectivity index (χ1v) is 6.10. The van der Waals surface area contributed by atoms with Gasteiger partial charge in [0.2, 0.25) is 0 Å². The molecule has 1 aliphatic heterocycles. The molecule has 90 valence electrons. The van der Waals surface area contributed by atoms with E-state index in [-0.39, 0.29) is 5.54 Å². The Bertz CT molecular complexity index is 429. The summed E-state index contributed by atoms with van der Waals surface area (Å²) in [7, 11) is 0. The third-order valence-corrected chi connectivity index (χ3v) is 3.21. The summed E-state index contributed by atoms with van der Waals surface area (Å²) in [5.41, 5.74) is -0.0365. The molecular weight excluding hydrogens is 222 g/mol. The molecule has 1 N–H and O–H groups in total. The van der Waals surface area contributed by atoms with Crippen LogP contribution in [0.5, 0.6) is 0 Å². The highest BCUT2D eigenvalue weighted by Crippen LogP contribution is 2.30. The molecule has 5 heteroatoms. The maximum Gasteiger partial charge on any atom is 0.195 e. The molecule has 0 spiro atoms. The second kappa shape index (κ2) is 3.96. The standard InChI is InChI=1S/C11H19N3OS/c1-7-5-8(6-15-7)9-12-13-10(16)14(9)11(2,3)4/h7-8H,5-6H2,1-4H3,(H,13,16). The summed E-state index contributed by atoms with van der Waals surface area (Å²) in [5.74, 6) is 1.39. The highest BCUT2D eigenvalue weighted by atomic mass is 32.1. The Morgan fingerprint density at radius 2 is 2.19 bits per heavy atom. The predicted octanol–water partition coefficient (Wildman–Crippen LogP) is 2.59. The Hall–Kier alpha value is -0.680. The Labute approximate surface area is 101 Å². The van der Waals surface area contributed by atoms with Crippen LogP contribution in [0.2, 0.25) is 0 Å². The molecule has 2 atom stereocenters. The number of ether oxygens (including phenoxy) is 1. The minimum absolute atomic E-state index is 0.0365. The van der Waals surface area contributed by atoms with Crippen molar-refractivity contribution in [3.8, 4) is 0 Å². The fourth-order valence-corrected chi connectivity index (χ4v) is 2.64. The maximum atomic E-state index is 5.60. The Balaban J connectivity index is 2.39. The van der Waals surface area contributed by atoms with Crippen molar-refractivity contribution in [1.29, 1.82) is 0 Å². The molecule has 1 saturated heterocycles. The predicted molar refractivity (Wildman–Crippen MR) is 65.2 cm³/mol. The van der Waals surface area contributed by atoms with Gasteiger partial charge in [0.05, 0.1) is 12.7 Å². The topological polar surface area (TPSA) is 42.8 Å². The zero-order valence-corrected chi connectivity index (χ0v) is 11.1. The molecule has 0 aromatic carbocycles. The lowest BCUT2D eigenvalue weighted by Crippen LogP contribution is -2.26. The average molecular weight is 241 g/mol. The van der Waals surface area contributed by atoms with Gasteiger partial charge in [0.15, 0.2) is 4.77 Å². The van der Waals surface area contributed by atoms with E-state index < -0.39 is 0 Å². The van der Waals surface area contributed by atoms with Crippen molar-refractivity contribution in [2.45, 2.75) is 51.7 Å². The highest BCUT2D eigenvalue weighted by molar-refractivity contribution is 7.71. The van der Waals surface area contributed by atoms with Crippen molar-refractivity contribution in [2.75, 3.05) is 6.61 Å². The van der Waals surface area contributed by atoms with Crippen LogP contribution in [0.4, 0.5) is 0 Å². The molecule has 0 radical (unpaired) electrons. The molecule has 2 heterocycles. The van der Waals surface area contributed by atoms with Gasteiger partial charge >= 0.3 is 0 Å². The number of hydrogen-bond donors (Lipinski definition) is 1. The van der Waals surface area contributed by atoms with E-state index >= 15 is 0 Å². The SMILES string of the molecule is CC1CC(c2n[nH]c(=S)n2C(C)(C)C)CO1. The first-order valence-electron chi connectivity index (χ1n) is 5.69. The summed E-state index contributed by atoms with van der Waals surface area (Å²) in [5, 5.41) is 7.26. The van der Waals surface area contributed by atoms with E-state index in [1.165, 1.54) is 0 Å². The van der Waals surface area contributed by atoms with Crippen LogP contribution in [0, 0.1) is 4.77 Å². The van der Waals surface area contributed by atoms with Gasteiger partial charge < -0.3 is 4.74 Å². The number of H-pyrrole nitrogens is 1. The normalized spacial score (nSPS) is 26.2. The third kappa shape index (κ3) is 2.06. The van der Waals surface area contributed by atoms with Crippen molar-refractivity contribution < 1.29 is 4.74 Å². The fraction of sp³-hybridized carbons (Fsp3) is 0.818. The fourth-order valence-electron chi connectivity index (χ4n) is 2.23. The van der Waals surface area contributed by atoms with Crippen LogP contribution >= 0.6 is 12.2 Å². The van der Waals surface area contributed by atoms with Crippen LogP contribution < -0.4 is 0 Å². The van der Waals surface area contributed by atoms with Gasteiger partial charge in [-0.1, -0.05) is 0 Å². The van der Waals surface area contributed by atoms with Crippen LogP contribution in [0.15, 0.2) is 0 Å². The lowest BCUT2D eigenvalue weighted by Gasteiger charge is -2.24. The molecule has 0 saturated carbocycles. The van der Waals surface area contributed by atoms with Gasteiger partial charge in [-0.15, -0.1) is 0 Å². The van der Waals surface area contributed by atoms with E-state index in [1.54, 1.807) is 0 Å². The average Bonchev–Trinajstić information content (AvgIpc) is 2.70. The number of aromatic amines is 1. The van der Waals surface area contributed by atoms with E-state index in [4.69, 9.17) is 17.0 Å². The van der Waals surface area contributed by atoms with Crippen molar-refractivity contribution in [1.82, 2.24) is 14.8 Å². The Kier molecular flexibility index (Phi) is 2.92. The smallest absolute Gasteiger partial charge is 0.195 e. The monoisotopic (exact) mass is 241 g/mol. The van der Waals surface area contributed by atoms with E-state index in [0.29, 0.717) is 16.8 Å². The molecule has 4 nitrogen and oxygen atoms in total. The van der Waals surface area contributed by atoms with Crippen LogP contribution in [-0.2, 0) is 10.3 Å². The van der Waals surface area contributed by atoms with Gasteiger partial charge in [0.25, 0.3) is 0 Å². The summed E-state index contributed by atoms with van der Waals surface area (Å²) in [6, 6.07) is 0. The van der Waals surface area contributed by atoms with Crippen LogP contribution in [0.1, 0.15) is 45.9 Å². The van der Waals surface area contributed by atoms with Crippen LogP contribution in [-0.4, -0.2) is 27.5 Å². The van der Waals surface area contributed by atoms with Crippen molar-refractivity contribution in [2.24, 2.45) is 0 Å². The summed E-state index contributed by atoms with van der Waals surface area (Å²) in [4.78, 5) is 0. The van der Waals surface area contributed by atoms with E-state index in [0.717, 1.165) is 18.9 Å². The van der Waals surface area contributed by atoms with Gasteiger partial charge in [-0.2, -0.15) is 5.10 Å². The number of rotatable bonds is 1. The molecule has 16 heavy (non-hydrogen) atoms. The zero-order valence-electron chi connectivity index (χ0n) is 10.3. The van der Waals surface area contributed by atoms with Crippen LogP contribution in [0.25, 0.3) is 0 Å². The zero-order chi connectivity index (χ0) is 11.9. The lowest BCUT2D eigenvalue weighted by molar-refractivity contribution is 0.123. The molecule has 2 rings (SSSR count). The number of aromatic nitrogens is 3. The van der Waals surface area contributed by atoms with Gasteiger partial charge in [-0.25, -0.2) is 0 Å². The van der Waals surface area contributed by atoms with Crippen molar-refractivity contribution in [3.05, 3.63) is 10.6 Å². The molecule has 1 aromatic rings. The number of nitrogens with zero attached hydrogens (tertiary/aromatic N) is 2. The third-order valence-electron chi connectivity index (χ3n) is 2.93. The molecule has 1 aliphatic rings. The summed E-state index contributed by atoms with van der Waals surface area (Å²) in [6.07, 6.45) is 1.35. The second-order valence-corrected chi connectivity index (χ2v) is 5.86. The second-order valence-electron chi connectivity index (χ2n) is 5.47. The van der Waals surface area contributed by atoms with Crippen molar-refractivity contribution >= 4 is 12.2 Å². The quantitative estimate of drug-likeness (QED) is 0.768. The van der Waals surface area contributed by atoms with Gasteiger partial charge in [-0.05, 0) is 46.3 Å². The van der Waals surface area contributed by atoms with Gasteiger partial charge in [0, 0.05) is 11.5 Å². The Morgan fingerprint density at radius 3 is 2.69 bits per heavy atom. The van der Waals surface area contributed by atoms with Gasteiger partial charge in [0.1, 0.15) is 5.82 Å². The Morgan fingerprint density at radius 1 is 1.50 bits per heavy atom. The molecular formula is C11H19N3OS. The largest absolute Gasteiger partial charge is 0.378 e. The molecule has 1 fully saturated rings. The minimum Gasteiger partial charge on any atom is -0.378 e. The maximum absolute atomic E-state index is 5.60. The van der Waals surface area contributed by atoms with Crippen LogP contribution in [0.3, 0.4) is 0 Å². The van der Waals surface area contributed by atoms with E-state index in [9.17, 15) is 0 Å². The van der Waals surface area contributed by atoms with Gasteiger partial charge in [-0.3, -0.25) is 9.67 Å². The number of nitrogens with one attached hydrogen (secondary N) is 1. The molecule has 0 aliphatic carbocycles. The number of hydrogen-bond acceptors (Lipinski definition) is 3. The van der Waals surface area contributed by atoms with E-state index in [1.807, 2.05) is 0 Å². The lowest BCUT2D eigenvalue weighted by atomic mass is 10.0. The summed E-state index contributed by atoms with van der Waals surface area (Å²) >= 11 is 5.29. The highest BCUT2D eigenvalue weighted by Gasteiger charge is 2.30. The minimum atomic E-state index is -0.0365. The first-order chi connectivity index (χ1) is 7.39. The molecule has 1 aromatic heterocycles. The summed E-state index contributed by atoms with van der Waals surface area (Å²) < 4.78 is 8.40. The molecule has 2 unspecified atom stereocenters. The molecule has 0 bridgehead atoms.